The number of aliphatic hydroxyl groups is 1. The van der Waals surface area contributed by atoms with Crippen molar-refractivity contribution in [3.05, 3.63) is 28.1 Å². The van der Waals surface area contributed by atoms with E-state index in [1.807, 2.05) is 0 Å². The first-order chi connectivity index (χ1) is 8.11. The topological polar surface area (TPSA) is 88.6 Å². The number of hydrogen-bond acceptors (Lipinski definition) is 4. The number of hydrogen-bond donors (Lipinski definition) is 1. The Morgan fingerprint density at radius 3 is 2.56 bits per heavy atom. The van der Waals surface area contributed by atoms with Gasteiger partial charge in [-0.3, -0.25) is 14.9 Å². The summed E-state index contributed by atoms with van der Waals surface area (Å²) in [6.07, 6.45) is 1.28. The summed E-state index contributed by atoms with van der Waals surface area (Å²) >= 11 is 0. The molecule has 0 unspecified atom stereocenters. The number of rotatable bonds is 4. The number of aromatic nitrogens is 1. The number of carbonyl (C=O) groups is 1. The molecule has 18 heavy (non-hydrogen) atoms. The van der Waals surface area contributed by atoms with Gasteiger partial charge in [0.25, 0.3) is 11.6 Å². The molecule has 7 nitrogen and oxygen atoms in total. The van der Waals surface area contributed by atoms with E-state index in [1.54, 1.807) is 27.9 Å². The van der Waals surface area contributed by atoms with Crippen LogP contribution < -0.4 is 0 Å². The van der Waals surface area contributed by atoms with Crippen molar-refractivity contribution in [1.82, 2.24) is 9.47 Å². The maximum Gasteiger partial charge on any atom is 0.287 e. The van der Waals surface area contributed by atoms with E-state index < -0.39 is 10.5 Å². The van der Waals surface area contributed by atoms with Gasteiger partial charge in [0.1, 0.15) is 5.69 Å². The molecule has 7 heteroatoms. The highest BCUT2D eigenvalue weighted by Crippen LogP contribution is 2.17. The Morgan fingerprint density at radius 1 is 1.61 bits per heavy atom. The van der Waals surface area contributed by atoms with Crippen LogP contribution in [0.3, 0.4) is 0 Å². The van der Waals surface area contributed by atoms with E-state index in [1.165, 1.54) is 21.7 Å². The number of nitro groups is 1. The van der Waals surface area contributed by atoms with Gasteiger partial charge in [-0.25, -0.2) is 0 Å². The maximum absolute atomic E-state index is 12.1. The van der Waals surface area contributed by atoms with Crippen LogP contribution in [-0.4, -0.2) is 44.6 Å². The Balaban J connectivity index is 2.93. The van der Waals surface area contributed by atoms with Crippen molar-refractivity contribution in [2.45, 2.75) is 19.4 Å². The summed E-state index contributed by atoms with van der Waals surface area (Å²) in [4.78, 5) is 23.4. The molecule has 0 aliphatic heterocycles. The summed E-state index contributed by atoms with van der Waals surface area (Å²) in [5.74, 6) is -0.368. The quantitative estimate of drug-likeness (QED) is 0.636. The Bertz CT molecular complexity index is 473. The second kappa shape index (κ2) is 4.77. The minimum Gasteiger partial charge on any atom is -0.389 e. The van der Waals surface area contributed by atoms with Crippen LogP contribution in [0, 0.1) is 10.1 Å². The highest BCUT2D eigenvalue weighted by Gasteiger charge is 2.24. The molecule has 0 aromatic carbocycles. The molecule has 1 amide bonds. The summed E-state index contributed by atoms with van der Waals surface area (Å²) in [6.45, 7) is 3.32. The number of nitrogens with zero attached hydrogens (tertiary/aromatic N) is 3. The fourth-order valence-corrected chi connectivity index (χ4v) is 1.71. The molecule has 1 N–H and O–H groups in total. The van der Waals surface area contributed by atoms with Gasteiger partial charge in [-0.15, -0.1) is 0 Å². The molecular formula is C11H17N3O4. The molecule has 0 saturated heterocycles. The summed E-state index contributed by atoms with van der Waals surface area (Å²) < 4.78 is 1.40. The van der Waals surface area contributed by atoms with Gasteiger partial charge in [-0.2, -0.15) is 0 Å². The third-order valence-corrected chi connectivity index (χ3v) is 2.39. The van der Waals surface area contributed by atoms with E-state index in [0.29, 0.717) is 0 Å². The van der Waals surface area contributed by atoms with Crippen LogP contribution in [0.2, 0.25) is 0 Å². The zero-order chi connectivity index (χ0) is 14.1. The lowest BCUT2D eigenvalue weighted by atomic mass is 10.1. The van der Waals surface area contributed by atoms with Crippen molar-refractivity contribution in [2.75, 3.05) is 13.6 Å². The van der Waals surface area contributed by atoms with Crippen molar-refractivity contribution in [2.24, 2.45) is 7.05 Å². The predicted octanol–water partition coefficient (Wildman–Crippen LogP) is 0.776. The van der Waals surface area contributed by atoms with Gasteiger partial charge < -0.3 is 14.6 Å². The first kappa shape index (κ1) is 14.2. The van der Waals surface area contributed by atoms with Crippen molar-refractivity contribution in [3.8, 4) is 0 Å². The molecule has 0 fully saturated rings. The Labute approximate surface area is 105 Å². The molecule has 1 rings (SSSR count). The van der Waals surface area contributed by atoms with E-state index in [2.05, 4.69) is 0 Å². The Kier molecular flexibility index (Phi) is 3.76. The normalized spacial score (nSPS) is 11.4. The van der Waals surface area contributed by atoms with Gasteiger partial charge in [0.15, 0.2) is 0 Å². The largest absolute Gasteiger partial charge is 0.389 e. The van der Waals surface area contributed by atoms with Gasteiger partial charge in [-0.1, -0.05) is 0 Å². The van der Waals surface area contributed by atoms with E-state index >= 15 is 0 Å². The zero-order valence-electron chi connectivity index (χ0n) is 10.9. The van der Waals surface area contributed by atoms with Crippen LogP contribution in [0.25, 0.3) is 0 Å². The van der Waals surface area contributed by atoms with Gasteiger partial charge in [0.2, 0.25) is 0 Å². The van der Waals surface area contributed by atoms with E-state index in [-0.39, 0.29) is 23.8 Å². The molecule has 0 spiro atoms. The molecule has 100 valence electrons. The number of aryl methyl sites for hydroxylation is 1. The molecule has 0 saturated carbocycles. The zero-order valence-corrected chi connectivity index (χ0v) is 10.9. The molecule has 0 bridgehead atoms. The van der Waals surface area contributed by atoms with E-state index in [4.69, 9.17) is 0 Å². The molecule has 0 aliphatic rings. The van der Waals surface area contributed by atoms with Crippen LogP contribution in [0.15, 0.2) is 12.3 Å². The highest BCUT2D eigenvalue weighted by atomic mass is 16.6. The minimum absolute atomic E-state index is 0.127. The number of carbonyl (C=O) groups excluding carboxylic acids is 1. The molecule has 0 atom stereocenters. The van der Waals surface area contributed by atoms with Crippen LogP contribution in [0.5, 0.6) is 0 Å². The fourth-order valence-electron chi connectivity index (χ4n) is 1.71. The van der Waals surface area contributed by atoms with Crippen molar-refractivity contribution in [1.29, 1.82) is 0 Å². The monoisotopic (exact) mass is 255 g/mol. The Hall–Kier alpha value is -1.89. The van der Waals surface area contributed by atoms with Crippen molar-refractivity contribution in [3.63, 3.8) is 0 Å². The second-order valence-electron chi connectivity index (χ2n) is 4.93. The highest BCUT2D eigenvalue weighted by molar-refractivity contribution is 5.93. The first-order valence-electron chi connectivity index (χ1n) is 5.40. The third-order valence-electron chi connectivity index (χ3n) is 2.39. The van der Waals surface area contributed by atoms with E-state index in [0.717, 1.165) is 0 Å². The van der Waals surface area contributed by atoms with Crippen LogP contribution >= 0.6 is 0 Å². The lowest BCUT2D eigenvalue weighted by molar-refractivity contribution is -0.384. The standard InChI is InChI=1S/C11H17N3O4/c1-11(2,16)7-13(4)10(15)9-5-8(14(17)18)6-12(9)3/h5-6,16H,7H2,1-4H3. The van der Waals surface area contributed by atoms with Gasteiger partial charge in [0, 0.05) is 26.7 Å². The van der Waals surface area contributed by atoms with E-state index in [9.17, 15) is 20.0 Å². The van der Waals surface area contributed by atoms with Crippen LogP contribution in [0.1, 0.15) is 24.3 Å². The third kappa shape index (κ3) is 3.30. The molecule has 0 aliphatic carbocycles. The van der Waals surface area contributed by atoms with Crippen LogP contribution in [0.4, 0.5) is 5.69 Å². The minimum atomic E-state index is -1.01. The van der Waals surface area contributed by atoms with Gasteiger partial charge >= 0.3 is 0 Å². The number of amides is 1. The van der Waals surface area contributed by atoms with Crippen molar-refractivity contribution >= 4 is 11.6 Å². The van der Waals surface area contributed by atoms with Crippen LogP contribution in [-0.2, 0) is 7.05 Å². The second-order valence-corrected chi connectivity index (χ2v) is 4.93. The summed E-state index contributed by atoms with van der Waals surface area (Å²) in [5.41, 5.74) is -0.924. The molecule has 1 aromatic rings. The maximum atomic E-state index is 12.1. The summed E-state index contributed by atoms with van der Waals surface area (Å²) in [5, 5.41) is 20.3. The first-order valence-corrected chi connectivity index (χ1v) is 5.40. The summed E-state index contributed by atoms with van der Waals surface area (Å²) in [6, 6.07) is 1.23. The smallest absolute Gasteiger partial charge is 0.287 e. The fraction of sp³-hybridized carbons (Fsp3) is 0.545. The molecule has 1 aromatic heterocycles. The molecule has 0 radical (unpaired) electrons. The van der Waals surface area contributed by atoms with Crippen molar-refractivity contribution < 1.29 is 14.8 Å². The summed E-state index contributed by atoms with van der Waals surface area (Å²) in [7, 11) is 3.11. The average Bonchev–Trinajstić information content (AvgIpc) is 2.56. The average molecular weight is 255 g/mol. The lowest BCUT2D eigenvalue weighted by Gasteiger charge is -2.25. The Morgan fingerprint density at radius 2 is 2.17 bits per heavy atom. The lowest BCUT2D eigenvalue weighted by Crippen LogP contribution is -2.40. The molecule has 1 heterocycles. The number of likely N-dealkylation sites (N-methyl/N-ethyl adjacent to an activating group) is 1. The van der Waals surface area contributed by atoms with Gasteiger partial charge in [0.05, 0.1) is 16.7 Å². The SMILES string of the molecule is CN(CC(C)(C)O)C(=O)c1cc([N+](=O)[O-])cn1C. The van der Waals surface area contributed by atoms with Gasteiger partial charge in [-0.05, 0) is 13.8 Å². The predicted molar refractivity (Wildman–Crippen MR) is 65.3 cm³/mol. The molecular weight excluding hydrogens is 238 g/mol.